The summed E-state index contributed by atoms with van der Waals surface area (Å²) >= 11 is 3.46. The van der Waals surface area contributed by atoms with Crippen LogP contribution in [-0.4, -0.2) is 33.8 Å². The van der Waals surface area contributed by atoms with Gasteiger partial charge in [0.15, 0.2) is 5.82 Å². The largest absolute Gasteiger partial charge is 0.497 e. The van der Waals surface area contributed by atoms with E-state index in [1.54, 1.807) is 11.8 Å². The molecule has 0 saturated heterocycles. The summed E-state index contributed by atoms with van der Waals surface area (Å²) in [6.45, 7) is 0. The number of amides is 1. The summed E-state index contributed by atoms with van der Waals surface area (Å²) in [6, 6.07) is 15.5. The van der Waals surface area contributed by atoms with E-state index in [4.69, 9.17) is 4.74 Å². The number of rotatable bonds is 5. The van der Waals surface area contributed by atoms with Crippen LogP contribution in [0.2, 0.25) is 0 Å². The molecule has 1 aromatic heterocycles. The van der Waals surface area contributed by atoms with E-state index in [0.717, 1.165) is 47.2 Å². The Morgan fingerprint density at radius 3 is 2.41 bits per heavy atom. The molecule has 0 atom stereocenters. The van der Waals surface area contributed by atoms with Gasteiger partial charge in [0.1, 0.15) is 5.75 Å². The molecule has 0 radical (unpaired) electrons. The van der Waals surface area contributed by atoms with Gasteiger partial charge in [0, 0.05) is 16.1 Å². The molecular weight excluding hydrogens is 432 g/mol. The average Bonchev–Trinajstić information content (AvgIpc) is 3.21. The predicted octanol–water partition coefficient (Wildman–Crippen LogP) is 4.77. The molecular formula is C22H23BrN4O2. The van der Waals surface area contributed by atoms with Gasteiger partial charge >= 0.3 is 0 Å². The Labute approximate surface area is 178 Å². The Morgan fingerprint density at radius 2 is 1.76 bits per heavy atom. The van der Waals surface area contributed by atoms with Crippen molar-refractivity contribution < 1.29 is 9.53 Å². The highest BCUT2D eigenvalue weighted by molar-refractivity contribution is 9.10. The van der Waals surface area contributed by atoms with E-state index in [1.807, 2.05) is 48.5 Å². The average molecular weight is 455 g/mol. The van der Waals surface area contributed by atoms with Gasteiger partial charge in [-0.25, -0.2) is 9.67 Å². The molecule has 0 spiro atoms. The van der Waals surface area contributed by atoms with Crippen molar-refractivity contribution in [1.82, 2.24) is 20.1 Å². The van der Waals surface area contributed by atoms with Crippen molar-refractivity contribution in [2.24, 2.45) is 0 Å². The molecule has 7 heteroatoms. The molecule has 1 aliphatic carbocycles. The normalized spacial score (nSPS) is 14.6. The maximum atomic E-state index is 12.8. The Balaban J connectivity index is 1.69. The van der Waals surface area contributed by atoms with Gasteiger partial charge in [-0.1, -0.05) is 47.3 Å². The van der Waals surface area contributed by atoms with E-state index in [2.05, 4.69) is 31.3 Å². The number of halogens is 1. The SMILES string of the molecule is COc1ccc(-n2nc(C(=O)NC3CCCCC3)nc2-c2ccc(Br)cc2)cc1. The fraction of sp³-hybridized carbons (Fsp3) is 0.318. The molecule has 1 N–H and O–H groups in total. The second-order valence-corrected chi connectivity index (χ2v) is 8.10. The van der Waals surface area contributed by atoms with Crippen LogP contribution < -0.4 is 10.1 Å². The summed E-state index contributed by atoms with van der Waals surface area (Å²) in [5, 5.41) is 7.64. The van der Waals surface area contributed by atoms with Crippen molar-refractivity contribution >= 4 is 21.8 Å². The Bertz CT molecular complexity index is 977. The number of ether oxygens (including phenoxy) is 1. The Kier molecular flexibility index (Phi) is 5.94. The minimum atomic E-state index is -0.220. The Hall–Kier alpha value is -2.67. The highest BCUT2D eigenvalue weighted by Gasteiger charge is 2.22. The minimum absolute atomic E-state index is 0.185. The van der Waals surface area contributed by atoms with E-state index in [9.17, 15) is 4.79 Å². The van der Waals surface area contributed by atoms with Gasteiger partial charge < -0.3 is 10.1 Å². The number of aromatic nitrogens is 3. The molecule has 1 amide bonds. The second kappa shape index (κ2) is 8.78. The smallest absolute Gasteiger partial charge is 0.291 e. The van der Waals surface area contributed by atoms with Crippen LogP contribution >= 0.6 is 15.9 Å². The minimum Gasteiger partial charge on any atom is -0.497 e. The molecule has 3 aromatic rings. The first-order valence-electron chi connectivity index (χ1n) is 9.82. The first kappa shape index (κ1) is 19.6. The van der Waals surface area contributed by atoms with E-state index in [0.29, 0.717) is 5.82 Å². The molecule has 2 aromatic carbocycles. The third kappa shape index (κ3) is 4.50. The number of nitrogens with one attached hydrogen (secondary N) is 1. The van der Waals surface area contributed by atoms with Crippen molar-refractivity contribution in [3.8, 4) is 22.8 Å². The highest BCUT2D eigenvalue weighted by atomic mass is 79.9. The first-order chi connectivity index (χ1) is 14.1. The van der Waals surface area contributed by atoms with Gasteiger partial charge in [-0.3, -0.25) is 4.79 Å². The molecule has 1 fully saturated rings. The van der Waals surface area contributed by atoms with Crippen LogP contribution in [0.25, 0.3) is 17.1 Å². The summed E-state index contributed by atoms with van der Waals surface area (Å²) in [5.41, 5.74) is 1.70. The lowest BCUT2D eigenvalue weighted by atomic mass is 9.95. The topological polar surface area (TPSA) is 69.0 Å². The van der Waals surface area contributed by atoms with Crippen LogP contribution in [-0.2, 0) is 0 Å². The lowest BCUT2D eigenvalue weighted by molar-refractivity contribution is 0.0917. The lowest BCUT2D eigenvalue weighted by Crippen LogP contribution is -2.36. The van der Waals surface area contributed by atoms with Crippen molar-refractivity contribution in [2.45, 2.75) is 38.1 Å². The van der Waals surface area contributed by atoms with Gasteiger partial charge in [-0.05, 0) is 49.2 Å². The quantitative estimate of drug-likeness (QED) is 0.602. The van der Waals surface area contributed by atoms with E-state index >= 15 is 0 Å². The molecule has 6 nitrogen and oxygen atoms in total. The zero-order valence-corrected chi connectivity index (χ0v) is 17.9. The number of carbonyl (C=O) groups is 1. The predicted molar refractivity (Wildman–Crippen MR) is 115 cm³/mol. The molecule has 4 rings (SSSR count). The van der Waals surface area contributed by atoms with Crippen LogP contribution in [0.1, 0.15) is 42.7 Å². The van der Waals surface area contributed by atoms with Gasteiger partial charge in [0.2, 0.25) is 5.82 Å². The molecule has 0 bridgehead atoms. The van der Waals surface area contributed by atoms with Gasteiger partial charge in [0.05, 0.1) is 12.8 Å². The summed E-state index contributed by atoms with van der Waals surface area (Å²) in [6.07, 6.45) is 5.59. The van der Waals surface area contributed by atoms with Gasteiger partial charge in [-0.15, -0.1) is 5.10 Å². The molecule has 1 saturated carbocycles. The number of nitrogens with zero attached hydrogens (tertiary/aromatic N) is 3. The van der Waals surface area contributed by atoms with E-state index < -0.39 is 0 Å². The van der Waals surface area contributed by atoms with Crippen LogP contribution in [0, 0.1) is 0 Å². The molecule has 1 aliphatic rings. The van der Waals surface area contributed by atoms with Crippen LogP contribution in [0.3, 0.4) is 0 Å². The lowest BCUT2D eigenvalue weighted by Gasteiger charge is -2.21. The monoisotopic (exact) mass is 454 g/mol. The number of hydrogen-bond acceptors (Lipinski definition) is 4. The molecule has 1 heterocycles. The van der Waals surface area contributed by atoms with Crippen LogP contribution in [0.15, 0.2) is 53.0 Å². The third-order valence-corrected chi connectivity index (χ3v) is 5.70. The van der Waals surface area contributed by atoms with Crippen LogP contribution in [0.5, 0.6) is 5.75 Å². The number of methoxy groups -OCH3 is 1. The first-order valence-corrected chi connectivity index (χ1v) is 10.6. The van der Waals surface area contributed by atoms with Crippen molar-refractivity contribution in [3.63, 3.8) is 0 Å². The van der Waals surface area contributed by atoms with E-state index in [1.165, 1.54) is 6.42 Å². The zero-order valence-electron chi connectivity index (χ0n) is 16.3. The van der Waals surface area contributed by atoms with E-state index in [-0.39, 0.29) is 17.8 Å². The Morgan fingerprint density at radius 1 is 1.07 bits per heavy atom. The number of benzene rings is 2. The molecule has 0 unspecified atom stereocenters. The molecule has 0 aliphatic heterocycles. The maximum Gasteiger partial charge on any atom is 0.291 e. The molecule has 29 heavy (non-hydrogen) atoms. The summed E-state index contributed by atoms with van der Waals surface area (Å²) in [5.74, 6) is 1.35. The summed E-state index contributed by atoms with van der Waals surface area (Å²) < 4.78 is 7.93. The maximum absolute atomic E-state index is 12.8. The highest BCUT2D eigenvalue weighted by Crippen LogP contribution is 2.25. The zero-order chi connectivity index (χ0) is 20.2. The number of carbonyl (C=O) groups excluding carboxylic acids is 1. The standard InChI is InChI=1S/C22H23BrN4O2/c1-29-19-13-11-18(12-14-19)27-21(15-7-9-16(23)10-8-15)25-20(26-27)22(28)24-17-5-3-2-4-6-17/h7-14,17H,2-6H2,1H3,(H,24,28). The summed E-state index contributed by atoms with van der Waals surface area (Å²) in [4.78, 5) is 17.4. The van der Waals surface area contributed by atoms with Gasteiger partial charge in [0.25, 0.3) is 5.91 Å². The molecule has 150 valence electrons. The summed E-state index contributed by atoms with van der Waals surface area (Å²) in [7, 11) is 1.63. The fourth-order valence-corrected chi connectivity index (χ4v) is 3.86. The fourth-order valence-electron chi connectivity index (χ4n) is 3.59. The van der Waals surface area contributed by atoms with Crippen molar-refractivity contribution in [2.75, 3.05) is 7.11 Å². The van der Waals surface area contributed by atoms with Crippen molar-refractivity contribution in [3.05, 3.63) is 58.8 Å². The van der Waals surface area contributed by atoms with Gasteiger partial charge in [-0.2, -0.15) is 0 Å². The van der Waals surface area contributed by atoms with Crippen LogP contribution in [0.4, 0.5) is 0 Å². The number of hydrogen-bond donors (Lipinski definition) is 1. The third-order valence-electron chi connectivity index (χ3n) is 5.17. The van der Waals surface area contributed by atoms with Crippen molar-refractivity contribution in [1.29, 1.82) is 0 Å². The second-order valence-electron chi connectivity index (χ2n) is 7.18.